The minimum absolute atomic E-state index is 0.156. The Morgan fingerprint density at radius 1 is 1.32 bits per heavy atom. The van der Waals surface area contributed by atoms with Gasteiger partial charge in [-0.3, -0.25) is 4.90 Å². The molecular formula is C17H33N3O2. The van der Waals surface area contributed by atoms with E-state index >= 15 is 0 Å². The molecule has 2 fully saturated rings. The summed E-state index contributed by atoms with van der Waals surface area (Å²) in [6.07, 6.45) is 3.78. The molecule has 128 valence electrons. The third kappa shape index (κ3) is 5.43. The zero-order valence-electron chi connectivity index (χ0n) is 14.9. The van der Waals surface area contributed by atoms with Gasteiger partial charge in [0.2, 0.25) is 0 Å². The number of amides is 1. The lowest BCUT2D eigenvalue weighted by atomic mass is 10.2. The Morgan fingerprint density at radius 2 is 2.00 bits per heavy atom. The molecule has 0 aromatic carbocycles. The zero-order chi connectivity index (χ0) is 16.3. The van der Waals surface area contributed by atoms with Crippen molar-refractivity contribution in [3.8, 4) is 0 Å². The summed E-state index contributed by atoms with van der Waals surface area (Å²) in [7, 11) is 0. The van der Waals surface area contributed by atoms with Crippen molar-refractivity contribution >= 4 is 6.09 Å². The molecule has 1 N–H and O–H groups in total. The number of likely N-dealkylation sites (tertiary alicyclic amines) is 1. The quantitative estimate of drug-likeness (QED) is 0.818. The van der Waals surface area contributed by atoms with Gasteiger partial charge in [-0.1, -0.05) is 0 Å². The van der Waals surface area contributed by atoms with Crippen molar-refractivity contribution in [1.82, 2.24) is 15.1 Å². The lowest BCUT2D eigenvalue weighted by molar-refractivity contribution is 0.0192. The molecule has 1 saturated carbocycles. The number of hydrogen-bond acceptors (Lipinski definition) is 4. The van der Waals surface area contributed by atoms with E-state index in [0.717, 1.165) is 12.6 Å². The Hall–Kier alpha value is -0.810. The molecule has 1 saturated heterocycles. The average Bonchev–Trinajstić information content (AvgIpc) is 3.12. The van der Waals surface area contributed by atoms with Gasteiger partial charge in [0.15, 0.2) is 0 Å². The highest BCUT2D eigenvalue weighted by atomic mass is 16.6. The standard InChI is InChI=1S/C17H33N3O2/c1-13(2)20(16(21)22-17(3,4)5)11-9-18-14-8-10-19(12-14)15-6-7-15/h13-15,18H,6-12H2,1-5H3. The molecule has 2 rings (SSSR count). The Bertz CT molecular complexity index is 375. The zero-order valence-corrected chi connectivity index (χ0v) is 14.9. The normalized spacial score (nSPS) is 23.1. The van der Waals surface area contributed by atoms with Crippen LogP contribution in [0.4, 0.5) is 4.79 Å². The number of carbonyl (C=O) groups is 1. The molecule has 5 heteroatoms. The summed E-state index contributed by atoms with van der Waals surface area (Å²) in [5.74, 6) is 0. The summed E-state index contributed by atoms with van der Waals surface area (Å²) in [5, 5.41) is 3.61. The van der Waals surface area contributed by atoms with E-state index < -0.39 is 5.60 Å². The van der Waals surface area contributed by atoms with Crippen LogP contribution in [0.1, 0.15) is 53.9 Å². The van der Waals surface area contributed by atoms with Crippen molar-refractivity contribution < 1.29 is 9.53 Å². The van der Waals surface area contributed by atoms with Crippen molar-refractivity contribution in [2.75, 3.05) is 26.2 Å². The highest BCUT2D eigenvalue weighted by Crippen LogP contribution is 2.29. The summed E-state index contributed by atoms with van der Waals surface area (Å²) in [6.45, 7) is 13.7. The van der Waals surface area contributed by atoms with Crippen LogP contribution in [0, 0.1) is 0 Å². The minimum Gasteiger partial charge on any atom is -0.444 e. The molecule has 1 unspecified atom stereocenters. The smallest absolute Gasteiger partial charge is 0.410 e. The van der Waals surface area contributed by atoms with E-state index in [2.05, 4.69) is 10.2 Å². The van der Waals surface area contributed by atoms with Gasteiger partial charge in [0, 0.05) is 44.3 Å². The summed E-state index contributed by atoms with van der Waals surface area (Å²) < 4.78 is 5.49. The van der Waals surface area contributed by atoms with E-state index in [1.54, 1.807) is 0 Å². The first-order valence-corrected chi connectivity index (χ1v) is 8.73. The summed E-state index contributed by atoms with van der Waals surface area (Å²) in [4.78, 5) is 16.7. The molecule has 0 radical (unpaired) electrons. The highest BCUT2D eigenvalue weighted by Gasteiger charge is 2.34. The summed E-state index contributed by atoms with van der Waals surface area (Å²) >= 11 is 0. The van der Waals surface area contributed by atoms with Gasteiger partial charge in [0.25, 0.3) is 0 Å². The van der Waals surface area contributed by atoms with Crippen LogP contribution in [0.15, 0.2) is 0 Å². The molecule has 0 aromatic rings. The number of rotatable bonds is 6. The van der Waals surface area contributed by atoms with Gasteiger partial charge in [0.05, 0.1) is 0 Å². The Balaban J connectivity index is 1.71. The monoisotopic (exact) mass is 311 g/mol. The van der Waals surface area contributed by atoms with Crippen LogP contribution < -0.4 is 5.32 Å². The van der Waals surface area contributed by atoms with Gasteiger partial charge in [0.1, 0.15) is 5.60 Å². The summed E-state index contributed by atoms with van der Waals surface area (Å²) in [6, 6.07) is 1.59. The van der Waals surface area contributed by atoms with Crippen LogP contribution in [-0.2, 0) is 4.74 Å². The second kappa shape index (κ2) is 7.18. The first-order valence-electron chi connectivity index (χ1n) is 8.73. The molecule has 1 aliphatic heterocycles. The maximum absolute atomic E-state index is 12.2. The highest BCUT2D eigenvalue weighted by molar-refractivity contribution is 5.68. The van der Waals surface area contributed by atoms with Crippen molar-refractivity contribution in [3.05, 3.63) is 0 Å². The third-order valence-corrected chi connectivity index (χ3v) is 4.32. The van der Waals surface area contributed by atoms with E-state index in [0.29, 0.717) is 12.6 Å². The number of nitrogens with one attached hydrogen (secondary N) is 1. The Kier molecular flexibility index (Phi) is 5.72. The van der Waals surface area contributed by atoms with Crippen LogP contribution >= 0.6 is 0 Å². The van der Waals surface area contributed by atoms with Crippen LogP contribution in [0.3, 0.4) is 0 Å². The topological polar surface area (TPSA) is 44.8 Å². The molecule has 1 atom stereocenters. The van der Waals surface area contributed by atoms with Gasteiger partial charge in [-0.2, -0.15) is 0 Å². The van der Waals surface area contributed by atoms with E-state index in [9.17, 15) is 4.79 Å². The van der Waals surface area contributed by atoms with E-state index in [4.69, 9.17) is 4.74 Å². The van der Waals surface area contributed by atoms with Crippen LogP contribution in [0.25, 0.3) is 0 Å². The second-order valence-corrected chi connectivity index (χ2v) is 7.93. The van der Waals surface area contributed by atoms with Crippen LogP contribution in [0.2, 0.25) is 0 Å². The van der Waals surface area contributed by atoms with Crippen molar-refractivity contribution in [2.45, 2.75) is 77.6 Å². The summed E-state index contributed by atoms with van der Waals surface area (Å²) in [5.41, 5.74) is -0.437. The molecule has 22 heavy (non-hydrogen) atoms. The predicted octanol–water partition coefficient (Wildman–Crippen LogP) is 2.46. The molecule has 5 nitrogen and oxygen atoms in total. The minimum atomic E-state index is -0.437. The van der Waals surface area contributed by atoms with Crippen LogP contribution in [-0.4, -0.2) is 65.8 Å². The molecule has 1 amide bonds. The van der Waals surface area contributed by atoms with Crippen molar-refractivity contribution in [2.24, 2.45) is 0 Å². The number of carbonyl (C=O) groups excluding carboxylic acids is 1. The van der Waals surface area contributed by atoms with Gasteiger partial charge in [-0.25, -0.2) is 4.79 Å². The second-order valence-electron chi connectivity index (χ2n) is 7.93. The largest absolute Gasteiger partial charge is 0.444 e. The molecule has 0 spiro atoms. The average molecular weight is 311 g/mol. The SMILES string of the molecule is CC(C)N(CCNC1CCN(C2CC2)C1)C(=O)OC(C)(C)C. The first kappa shape index (κ1) is 17.5. The van der Waals surface area contributed by atoms with E-state index in [1.807, 2.05) is 39.5 Å². The van der Waals surface area contributed by atoms with Crippen LogP contribution in [0.5, 0.6) is 0 Å². The third-order valence-electron chi connectivity index (χ3n) is 4.32. The fraction of sp³-hybridized carbons (Fsp3) is 0.941. The number of ether oxygens (including phenoxy) is 1. The lowest BCUT2D eigenvalue weighted by Crippen LogP contribution is -2.45. The molecular weight excluding hydrogens is 278 g/mol. The Labute approximate surface area is 135 Å². The fourth-order valence-corrected chi connectivity index (χ4v) is 3.00. The van der Waals surface area contributed by atoms with E-state index in [1.165, 1.54) is 32.4 Å². The first-order chi connectivity index (χ1) is 10.3. The maximum atomic E-state index is 12.2. The van der Waals surface area contributed by atoms with Gasteiger partial charge in [-0.05, 0) is 53.9 Å². The van der Waals surface area contributed by atoms with Crippen molar-refractivity contribution in [1.29, 1.82) is 0 Å². The number of nitrogens with zero attached hydrogens (tertiary/aromatic N) is 2. The number of hydrogen-bond donors (Lipinski definition) is 1. The van der Waals surface area contributed by atoms with Gasteiger partial charge >= 0.3 is 6.09 Å². The van der Waals surface area contributed by atoms with E-state index in [-0.39, 0.29) is 12.1 Å². The van der Waals surface area contributed by atoms with Crippen molar-refractivity contribution in [3.63, 3.8) is 0 Å². The molecule has 2 aliphatic rings. The Morgan fingerprint density at radius 3 is 2.55 bits per heavy atom. The molecule has 0 aromatic heterocycles. The molecule has 1 heterocycles. The van der Waals surface area contributed by atoms with Gasteiger partial charge in [-0.15, -0.1) is 0 Å². The lowest BCUT2D eigenvalue weighted by Gasteiger charge is -2.30. The molecule has 0 bridgehead atoms. The predicted molar refractivity (Wildman–Crippen MR) is 89.1 cm³/mol. The maximum Gasteiger partial charge on any atom is 0.410 e. The molecule has 1 aliphatic carbocycles. The van der Waals surface area contributed by atoms with Gasteiger partial charge < -0.3 is 15.0 Å². The fourth-order valence-electron chi connectivity index (χ4n) is 3.00.